The first kappa shape index (κ1) is 10.0. The summed E-state index contributed by atoms with van der Waals surface area (Å²) in [5, 5.41) is 8.48. The third kappa shape index (κ3) is 1.45. The molecule has 1 aliphatic rings. The molecule has 0 unspecified atom stereocenters. The van der Waals surface area contributed by atoms with Crippen molar-refractivity contribution in [2.45, 2.75) is 0 Å². The van der Waals surface area contributed by atoms with Crippen LogP contribution in [0.4, 0.5) is 5.69 Å². The van der Waals surface area contributed by atoms with Crippen LogP contribution < -0.4 is 15.8 Å². The average Bonchev–Trinajstić information content (AvgIpc) is 3.17. The first-order valence-corrected chi connectivity index (χ1v) is 5.80. The summed E-state index contributed by atoms with van der Waals surface area (Å²) in [6.45, 7) is 0. The van der Waals surface area contributed by atoms with Crippen LogP contribution >= 0.6 is 0 Å². The number of pyridine rings is 1. The van der Waals surface area contributed by atoms with E-state index >= 15 is 0 Å². The molecular weight excluding hydrogens is 242 g/mol. The number of hydrogen-bond acceptors (Lipinski definition) is 5. The Morgan fingerprint density at radius 1 is 1.16 bits per heavy atom. The van der Waals surface area contributed by atoms with Gasteiger partial charge in [0.05, 0.1) is 0 Å². The Morgan fingerprint density at radius 3 is 2.95 bits per heavy atom. The Hall–Kier alpha value is -2.96. The lowest BCUT2D eigenvalue weighted by Gasteiger charge is -2.27. The molecule has 7 heteroatoms. The molecule has 0 saturated carbocycles. The minimum atomic E-state index is 0.832. The molecule has 0 aliphatic carbocycles. The van der Waals surface area contributed by atoms with Gasteiger partial charge in [-0.05, 0) is 24.3 Å². The maximum atomic E-state index is 4.27. The van der Waals surface area contributed by atoms with E-state index in [4.69, 9.17) is 0 Å². The van der Waals surface area contributed by atoms with Crippen LogP contribution in [0.5, 0.6) is 0 Å². The van der Waals surface area contributed by atoms with E-state index in [0.29, 0.717) is 0 Å². The van der Waals surface area contributed by atoms with Gasteiger partial charge in [-0.25, -0.2) is 9.66 Å². The van der Waals surface area contributed by atoms with E-state index in [1.807, 2.05) is 47.5 Å². The Kier molecular flexibility index (Phi) is 1.99. The molecule has 0 saturated heterocycles. The summed E-state index contributed by atoms with van der Waals surface area (Å²) in [4.78, 5) is 7.41. The summed E-state index contributed by atoms with van der Waals surface area (Å²) in [6.07, 6.45) is 10.3. The van der Waals surface area contributed by atoms with Crippen molar-refractivity contribution in [2.24, 2.45) is 5.10 Å². The lowest BCUT2D eigenvalue weighted by Crippen LogP contribution is -2.49. The van der Waals surface area contributed by atoms with Crippen LogP contribution in [0.2, 0.25) is 0 Å². The van der Waals surface area contributed by atoms with Crippen molar-refractivity contribution in [1.29, 1.82) is 0 Å². The quantitative estimate of drug-likeness (QED) is 0.716. The van der Waals surface area contributed by atoms with Gasteiger partial charge in [0.25, 0.3) is 0 Å². The lowest BCUT2D eigenvalue weighted by molar-refractivity contribution is 0.624. The third-order valence-electron chi connectivity index (χ3n) is 2.94. The van der Waals surface area contributed by atoms with E-state index in [1.54, 1.807) is 16.4 Å². The number of anilines is 1. The van der Waals surface area contributed by atoms with Gasteiger partial charge in [0.15, 0.2) is 0 Å². The second kappa shape index (κ2) is 3.77. The molecule has 0 atom stereocenters. The van der Waals surface area contributed by atoms with Gasteiger partial charge in [-0.3, -0.25) is 0 Å². The maximum absolute atomic E-state index is 4.27. The van der Waals surface area contributed by atoms with Crippen LogP contribution in [0, 0.1) is 0 Å². The van der Waals surface area contributed by atoms with E-state index in [0.717, 1.165) is 16.7 Å². The third-order valence-corrected chi connectivity index (χ3v) is 2.94. The molecule has 7 nitrogen and oxygen atoms in total. The zero-order chi connectivity index (χ0) is 12.7. The lowest BCUT2D eigenvalue weighted by atomic mass is 10.3. The van der Waals surface area contributed by atoms with Gasteiger partial charge in [0.1, 0.15) is 11.3 Å². The van der Waals surface area contributed by atoms with E-state index in [-0.39, 0.29) is 0 Å². The van der Waals surface area contributed by atoms with Crippen molar-refractivity contribution < 1.29 is 0 Å². The standard InChI is InChI=1S/C12H10N7/c1-2-7-17(6-1)18-9-15-16-19(18)11-8-14-12-10(11)4-3-5-13-12/h1-8,16H,(H,13,14). The molecule has 4 heterocycles. The first-order valence-electron chi connectivity index (χ1n) is 5.80. The van der Waals surface area contributed by atoms with E-state index in [2.05, 4.69) is 26.9 Å². The maximum Gasteiger partial charge on any atom is 0.241 e. The number of nitrogens with zero attached hydrogens (tertiary/aromatic N) is 5. The molecule has 93 valence electrons. The van der Waals surface area contributed by atoms with Crippen molar-refractivity contribution in [3.05, 3.63) is 49.1 Å². The Morgan fingerprint density at radius 2 is 2.05 bits per heavy atom. The predicted molar refractivity (Wildman–Crippen MR) is 71.8 cm³/mol. The first-order chi connectivity index (χ1) is 9.43. The number of hydrogen-bond donors (Lipinski definition) is 2. The highest BCUT2D eigenvalue weighted by atomic mass is 16.0. The SMILES string of the molecule is [C]1=NNN(c2c[nH]c3ncccc23)N1n1cccc1. The molecule has 0 bridgehead atoms. The fourth-order valence-corrected chi connectivity index (χ4v) is 2.08. The second-order valence-electron chi connectivity index (χ2n) is 4.05. The summed E-state index contributed by atoms with van der Waals surface area (Å²) in [7, 11) is 0. The minimum Gasteiger partial charge on any atom is -0.344 e. The fraction of sp³-hybridized carbons (Fsp3) is 0. The highest BCUT2D eigenvalue weighted by Crippen LogP contribution is 2.25. The largest absolute Gasteiger partial charge is 0.344 e. The number of aromatic amines is 1. The van der Waals surface area contributed by atoms with Crippen LogP contribution in [0.15, 0.2) is 54.2 Å². The number of hydrazone groups is 1. The summed E-state index contributed by atoms with van der Waals surface area (Å²) in [5.74, 6) is 0. The molecule has 2 N–H and O–H groups in total. The number of fused-ring (bicyclic) bond motifs is 1. The molecule has 1 aliphatic heterocycles. The van der Waals surface area contributed by atoms with Gasteiger partial charge < -0.3 is 4.98 Å². The highest BCUT2D eigenvalue weighted by molar-refractivity contribution is 5.92. The van der Waals surface area contributed by atoms with Crippen molar-refractivity contribution >= 4 is 23.1 Å². The monoisotopic (exact) mass is 252 g/mol. The van der Waals surface area contributed by atoms with E-state index < -0.39 is 0 Å². The number of H-pyrrole nitrogens is 1. The molecule has 0 fully saturated rings. The molecule has 1 radical (unpaired) electrons. The van der Waals surface area contributed by atoms with Crippen LogP contribution in [0.25, 0.3) is 11.0 Å². The van der Waals surface area contributed by atoms with Crippen molar-refractivity contribution in [3.8, 4) is 0 Å². The van der Waals surface area contributed by atoms with Crippen LogP contribution in [-0.2, 0) is 0 Å². The molecular formula is C12H10N7. The van der Waals surface area contributed by atoms with Crippen molar-refractivity contribution in [1.82, 2.24) is 20.2 Å². The van der Waals surface area contributed by atoms with Crippen molar-refractivity contribution in [3.63, 3.8) is 0 Å². The molecule has 3 aromatic heterocycles. The molecule has 0 aromatic carbocycles. The van der Waals surface area contributed by atoms with Crippen LogP contribution in [-0.4, -0.2) is 21.0 Å². The second-order valence-corrected chi connectivity index (χ2v) is 4.05. The number of rotatable bonds is 2. The summed E-state index contributed by atoms with van der Waals surface area (Å²) >= 11 is 0. The molecule has 0 amide bonds. The normalized spacial score (nSPS) is 14.3. The zero-order valence-corrected chi connectivity index (χ0v) is 9.85. The Labute approximate surface area is 108 Å². The molecule has 0 spiro atoms. The fourth-order valence-electron chi connectivity index (χ4n) is 2.08. The van der Waals surface area contributed by atoms with Gasteiger partial charge in [-0.2, -0.15) is 10.7 Å². The topological polar surface area (TPSA) is 64.5 Å². The predicted octanol–water partition coefficient (Wildman–Crippen LogP) is 1.06. The number of aromatic nitrogens is 3. The number of hydrazine groups is 2. The van der Waals surface area contributed by atoms with Crippen LogP contribution in [0.3, 0.4) is 0 Å². The Bertz CT molecular complexity index is 727. The van der Waals surface area contributed by atoms with Gasteiger partial charge >= 0.3 is 0 Å². The van der Waals surface area contributed by atoms with Gasteiger partial charge in [-0.1, -0.05) is 0 Å². The number of nitrogens with one attached hydrogen (secondary N) is 2. The molecule has 3 aromatic rings. The molecule has 4 rings (SSSR count). The van der Waals surface area contributed by atoms with Gasteiger partial charge in [-0.15, -0.1) is 10.2 Å². The summed E-state index contributed by atoms with van der Waals surface area (Å²) in [5.41, 5.74) is 4.65. The van der Waals surface area contributed by atoms with E-state index in [1.165, 1.54) is 0 Å². The summed E-state index contributed by atoms with van der Waals surface area (Å²) < 4.78 is 1.86. The van der Waals surface area contributed by atoms with Gasteiger partial charge in [0, 0.05) is 30.2 Å². The highest BCUT2D eigenvalue weighted by Gasteiger charge is 2.23. The van der Waals surface area contributed by atoms with Crippen LogP contribution in [0.1, 0.15) is 0 Å². The summed E-state index contributed by atoms with van der Waals surface area (Å²) in [6, 6.07) is 7.78. The smallest absolute Gasteiger partial charge is 0.241 e. The van der Waals surface area contributed by atoms with E-state index in [9.17, 15) is 0 Å². The molecule has 19 heavy (non-hydrogen) atoms. The average molecular weight is 252 g/mol. The van der Waals surface area contributed by atoms with Crippen molar-refractivity contribution in [2.75, 3.05) is 10.2 Å². The zero-order valence-electron chi connectivity index (χ0n) is 9.85. The van der Waals surface area contributed by atoms with Gasteiger partial charge in [0.2, 0.25) is 6.34 Å². The minimum absolute atomic E-state index is 0.832. The Balaban J connectivity index is 1.80.